The molecular formula is C17H26N4. The highest BCUT2D eigenvalue weighted by Gasteiger charge is 2.27. The number of para-hydroxylation sites is 1. The molecule has 2 aromatic rings. The number of hydrogen-bond donors (Lipinski definition) is 2. The molecule has 0 amide bonds. The number of anilines is 1. The number of benzene rings is 1. The third-order valence-corrected chi connectivity index (χ3v) is 3.83. The molecule has 0 aliphatic rings. The Balaban J connectivity index is 2.65. The molecule has 0 spiro atoms. The second-order valence-electron chi connectivity index (χ2n) is 6.45. The van der Waals surface area contributed by atoms with Crippen molar-refractivity contribution < 1.29 is 0 Å². The van der Waals surface area contributed by atoms with Crippen LogP contribution in [0.4, 0.5) is 5.69 Å². The molecule has 0 fully saturated rings. The van der Waals surface area contributed by atoms with Crippen molar-refractivity contribution in [2.75, 3.05) is 12.8 Å². The van der Waals surface area contributed by atoms with E-state index in [1.807, 2.05) is 31.6 Å². The summed E-state index contributed by atoms with van der Waals surface area (Å²) in [5.74, 6) is 0.549. The molecule has 0 saturated heterocycles. The Morgan fingerprint density at radius 2 is 1.95 bits per heavy atom. The second kappa shape index (κ2) is 5.90. The van der Waals surface area contributed by atoms with Crippen LogP contribution in [0, 0.1) is 5.92 Å². The number of nitrogen functional groups attached to an aromatic ring is 1. The first-order chi connectivity index (χ1) is 9.86. The molecule has 3 N–H and O–H groups in total. The number of hydrogen-bond acceptors (Lipinski definition) is 3. The Morgan fingerprint density at radius 3 is 2.52 bits per heavy atom. The summed E-state index contributed by atoms with van der Waals surface area (Å²) in [5.41, 5.74) is 9.98. The van der Waals surface area contributed by atoms with Gasteiger partial charge in [-0.25, -0.2) is 4.98 Å². The number of nitrogens with zero attached hydrogens (tertiary/aromatic N) is 2. The molecule has 4 heteroatoms. The smallest absolute Gasteiger partial charge is 0.0955 e. The van der Waals surface area contributed by atoms with Gasteiger partial charge in [0.05, 0.1) is 23.3 Å². The standard InChI is InChI=1S/C17H26N4/c1-12(2)10-21-11-20-16(17(3,4)19-5)15(21)13-8-6-7-9-14(13)18/h6-9,11-12,19H,10,18H2,1-5H3. The van der Waals surface area contributed by atoms with E-state index in [0.29, 0.717) is 5.92 Å². The second-order valence-corrected chi connectivity index (χ2v) is 6.45. The molecule has 0 aliphatic carbocycles. The number of rotatable bonds is 5. The van der Waals surface area contributed by atoms with Gasteiger partial charge in [-0.3, -0.25) is 0 Å². The predicted molar refractivity (Wildman–Crippen MR) is 89.0 cm³/mol. The summed E-state index contributed by atoms with van der Waals surface area (Å²) in [4.78, 5) is 4.67. The van der Waals surface area contributed by atoms with Crippen molar-refractivity contribution in [1.82, 2.24) is 14.9 Å². The van der Waals surface area contributed by atoms with E-state index in [2.05, 4.69) is 48.6 Å². The van der Waals surface area contributed by atoms with Gasteiger partial charge < -0.3 is 15.6 Å². The van der Waals surface area contributed by atoms with Crippen LogP contribution >= 0.6 is 0 Å². The van der Waals surface area contributed by atoms with E-state index >= 15 is 0 Å². The lowest BCUT2D eigenvalue weighted by molar-refractivity contribution is 0.433. The summed E-state index contributed by atoms with van der Waals surface area (Å²) >= 11 is 0. The highest BCUT2D eigenvalue weighted by Crippen LogP contribution is 2.34. The predicted octanol–water partition coefficient (Wildman–Crippen LogP) is 3.24. The number of nitrogens with two attached hydrogens (primary N) is 1. The fourth-order valence-corrected chi connectivity index (χ4v) is 2.48. The summed E-state index contributed by atoms with van der Waals surface area (Å²) in [6.45, 7) is 9.62. The molecule has 1 aromatic carbocycles. The number of imidazole rings is 1. The minimum absolute atomic E-state index is 0.208. The molecule has 0 bridgehead atoms. The molecule has 0 atom stereocenters. The molecular weight excluding hydrogens is 260 g/mol. The van der Waals surface area contributed by atoms with Crippen LogP contribution in [0.2, 0.25) is 0 Å². The van der Waals surface area contributed by atoms with Gasteiger partial charge in [-0.1, -0.05) is 32.0 Å². The van der Waals surface area contributed by atoms with Gasteiger partial charge in [-0.05, 0) is 32.9 Å². The lowest BCUT2D eigenvalue weighted by Gasteiger charge is -2.25. The Labute approximate surface area is 127 Å². The third kappa shape index (κ3) is 3.10. The molecule has 4 nitrogen and oxygen atoms in total. The highest BCUT2D eigenvalue weighted by atomic mass is 15.1. The summed E-state index contributed by atoms with van der Waals surface area (Å²) in [6, 6.07) is 8.00. The Bertz CT molecular complexity index is 611. The zero-order chi connectivity index (χ0) is 15.6. The first-order valence-electron chi connectivity index (χ1n) is 7.46. The Hall–Kier alpha value is -1.81. The van der Waals surface area contributed by atoms with Crippen molar-refractivity contribution >= 4 is 5.69 Å². The lowest BCUT2D eigenvalue weighted by Crippen LogP contribution is -2.34. The summed E-state index contributed by atoms with van der Waals surface area (Å²) in [5, 5.41) is 3.34. The summed E-state index contributed by atoms with van der Waals surface area (Å²) in [7, 11) is 1.96. The zero-order valence-electron chi connectivity index (χ0n) is 13.6. The van der Waals surface area contributed by atoms with Gasteiger partial charge in [0.25, 0.3) is 0 Å². The molecule has 0 saturated carbocycles. The number of nitrogens with one attached hydrogen (secondary N) is 1. The maximum atomic E-state index is 6.20. The van der Waals surface area contributed by atoms with Gasteiger partial charge in [-0.15, -0.1) is 0 Å². The van der Waals surface area contributed by atoms with Crippen LogP contribution in [0.25, 0.3) is 11.3 Å². The van der Waals surface area contributed by atoms with Crippen molar-refractivity contribution in [1.29, 1.82) is 0 Å². The van der Waals surface area contributed by atoms with Gasteiger partial charge >= 0.3 is 0 Å². The van der Waals surface area contributed by atoms with E-state index in [4.69, 9.17) is 5.73 Å². The van der Waals surface area contributed by atoms with Crippen molar-refractivity contribution in [2.24, 2.45) is 5.92 Å². The SMILES string of the molecule is CNC(C)(C)c1ncn(CC(C)C)c1-c1ccccc1N. The topological polar surface area (TPSA) is 55.9 Å². The summed E-state index contributed by atoms with van der Waals surface area (Å²) < 4.78 is 2.21. The first kappa shape index (κ1) is 15.6. The van der Waals surface area contributed by atoms with Gasteiger partial charge in [0.15, 0.2) is 0 Å². The van der Waals surface area contributed by atoms with Crippen molar-refractivity contribution in [3.05, 3.63) is 36.3 Å². The first-order valence-corrected chi connectivity index (χ1v) is 7.46. The molecule has 0 radical (unpaired) electrons. The molecule has 1 aromatic heterocycles. The lowest BCUT2D eigenvalue weighted by atomic mass is 9.95. The van der Waals surface area contributed by atoms with Crippen molar-refractivity contribution in [3.8, 4) is 11.3 Å². The van der Waals surface area contributed by atoms with Crippen LogP contribution in [0.3, 0.4) is 0 Å². The minimum Gasteiger partial charge on any atom is -0.398 e. The monoisotopic (exact) mass is 286 g/mol. The molecule has 2 rings (SSSR count). The zero-order valence-corrected chi connectivity index (χ0v) is 13.6. The maximum Gasteiger partial charge on any atom is 0.0955 e. The average molecular weight is 286 g/mol. The molecule has 0 unspecified atom stereocenters. The molecule has 21 heavy (non-hydrogen) atoms. The van der Waals surface area contributed by atoms with E-state index in [1.54, 1.807) is 0 Å². The third-order valence-electron chi connectivity index (χ3n) is 3.83. The Kier molecular flexibility index (Phi) is 4.37. The van der Waals surface area contributed by atoms with Gasteiger partial charge in [0.2, 0.25) is 0 Å². The maximum absolute atomic E-state index is 6.20. The van der Waals surface area contributed by atoms with Crippen molar-refractivity contribution in [2.45, 2.75) is 39.8 Å². The van der Waals surface area contributed by atoms with Crippen LogP contribution in [0.15, 0.2) is 30.6 Å². The quantitative estimate of drug-likeness (QED) is 0.830. The normalized spacial score (nSPS) is 12.1. The van der Waals surface area contributed by atoms with Crippen LogP contribution in [0.5, 0.6) is 0 Å². The van der Waals surface area contributed by atoms with Gasteiger partial charge in [0, 0.05) is 17.8 Å². The van der Waals surface area contributed by atoms with E-state index < -0.39 is 0 Å². The molecule has 0 aliphatic heterocycles. The van der Waals surface area contributed by atoms with E-state index in [0.717, 1.165) is 29.2 Å². The van der Waals surface area contributed by atoms with Crippen LogP contribution in [-0.2, 0) is 12.1 Å². The van der Waals surface area contributed by atoms with Crippen LogP contribution in [0.1, 0.15) is 33.4 Å². The highest BCUT2D eigenvalue weighted by molar-refractivity contribution is 5.76. The summed E-state index contributed by atoms with van der Waals surface area (Å²) in [6.07, 6.45) is 1.93. The largest absolute Gasteiger partial charge is 0.398 e. The van der Waals surface area contributed by atoms with Gasteiger partial charge in [0.1, 0.15) is 0 Å². The van der Waals surface area contributed by atoms with E-state index in [9.17, 15) is 0 Å². The number of aromatic nitrogens is 2. The van der Waals surface area contributed by atoms with Gasteiger partial charge in [-0.2, -0.15) is 0 Å². The fraction of sp³-hybridized carbons (Fsp3) is 0.471. The minimum atomic E-state index is -0.208. The average Bonchev–Trinajstić information content (AvgIpc) is 2.83. The van der Waals surface area contributed by atoms with E-state index in [-0.39, 0.29) is 5.54 Å². The molecule has 1 heterocycles. The van der Waals surface area contributed by atoms with Crippen LogP contribution < -0.4 is 11.1 Å². The van der Waals surface area contributed by atoms with Crippen molar-refractivity contribution in [3.63, 3.8) is 0 Å². The Morgan fingerprint density at radius 1 is 1.29 bits per heavy atom. The van der Waals surface area contributed by atoms with Crippen LogP contribution in [-0.4, -0.2) is 16.6 Å². The molecule has 114 valence electrons. The van der Waals surface area contributed by atoms with E-state index in [1.165, 1.54) is 0 Å². The fourth-order valence-electron chi connectivity index (χ4n) is 2.48.